The molecule has 7 heteroatoms. The highest BCUT2D eigenvalue weighted by Gasteiger charge is 2.26. The molecule has 1 N–H and O–H groups in total. The van der Waals surface area contributed by atoms with E-state index < -0.39 is 0 Å². The topological polar surface area (TPSA) is 62.3 Å². The molecule has 1 fully saturated rings. The maximum atomic E-state index is 13.7. The molecule has 27 heavy (non-hydrogen) atoms. The van der Waals surface area contributed by atoms with E-state index in [4.69, 9.17) is 4.98 Å². The minimum atomic E-state index is -0.342. The Balaban J connectivity index is 1.54. The van der Waals surface area contributed by atoms with Crippen LogP contribution in [-0.4, -0.2) is 41.3 Å². The van der Waals surface area contributed by atoms with E-state index in [-0.39, 0.29) is 17.6 Å². The Morgan fingerprint density at radius 2 is 2.07 bits per heavy atom. The molecule has 2 aromatic rings. The number of rotatable bonds is 5. The first kappa shape index (κ1) is 19.5. The highest BCUT2D eigenvalue weighted by Crippen LogP contribution is 2.31. The number of piperidine rings is 1. The highest BCUT2D eigenvalue weighted by atomic mass is 32.1. The lowest BCUT2D eigenvalue weighted by Crippen LogP contribution is -2.38. The largest absolute Gasteiger partial charge is 0.356 e. The minimum absolute atomic E-state index is 0.0315. The number of hydrogen-bond acceptors (Lipinski definition) is 4. The summed E-state index contributed by atoms with van der Waals surface area (Å²) in [7, 11) is 0. The van der Waals surface area contributed by atoms with Gasteiger partial charge in [-0.05, 0) is 37.5 Å². The molecule has 1 aliphatic rings. The molecule has 0 saturated carbocycles. The van der Waals surface area contributed by atoms with Gasteiger partial charge in [-0.25, -0.2) is 9.37 Å². The van der Waals surface area contributed by atoms with Gasteiger partial charge >= 0.3 is 0 Å². The molecule has 1 aliphatic heterocycles. The van der Waals surface area contributed by atoms with Gasteiger partial charge in [0.15, 0.2) is 0 Å². The van der Waals surface area contributed by atoms with Crippen molar-refractivity contribution < 1.29 is 14.0 Å². The van der Waals surface area contributed by atoms with Crippen molar-refractivity contribution in [2.75, 3.05) is 19.6 Å². The molecule has 5 nitrogen and oxygen atoms in total. The zero-order chi connectivity index (χ0) is 19.4. The van der Waals surface area contributed by atoms with E-state index in [1.165, 1.54) is 13.0 Å². The third-order valence-electron chi connectivity index (χ3n) is 4.87. The van der Waals surface area contributed by atoms with E-state index in [0.29, 0.717) is 36.7 Å². The van der Waals surface area contributed by atoms with Crippen LogP contribution in [0.1, 0.15) is 52.3 Å². The zero-order valence-corrected chi connectivity index (χ0v) is 16.4. The highest BCUT2D eigenvalue weighted by molar-refractivity contribution is 7.09. The Morgan fingerprint density at radius 1 is 1.33 bits per heavy atom. The normalized spacial score (nSPS) is 15.0. The predicted octanol–water partition coefficient (Wildman–Crippen LogP) is 3.29. The number of nitrogens with zero attached hydrogens (tertiary/aromatic N) is 2. The summed E-state index contributed by atoms with van der Waals surface area (Å²) in [5, 5.41) is 5.92. The quantitative estimate of drug-likeness (QED) is 0.854. The van der Waals surface area contributed by atoms with Gasteiger partial charge in [0, 0.05) is 49.8 Å². The number of aromatic nitrogens is 1. The van der Waals surface area contributed by atoms with E-state index in [0.717, 1.165) is 30.0 Å². The Morgan fingerprint density at radius 3 is 2.74 bits per heavy atom. The van der Waals surface area contributed by atoms with E-state index >= 15 is 0 Å². The standard InChI is InChI=1S/C20H24FN3O2S/c1-13-3-4-16(11-18(13)21)20(26)24-9-6-15(7-10-24)19-23-17(12-27-19)5-8-22-14(2)25/h3-4,11-12,15H,5-10H2,1-2H3,(H,22,25). The number of likely N-dealkylation sites (tertiary alicyclic amines) is 1. The van der Waals surface area contributed by atoms with E-state index in [9.17, 15) is 14.0 Å². The van der Waals surface area contributed by atoms with Crippen LogP contribution >= 0.6 is 11.3 Å². The SMILES string of the molecule is CC(=O)NCCc1csc(C2CCN(C(=O)c3ccc(C)c(F)c3)CC2)n1. The second-order valence-corrected chi connectivity index (χ2v) is 7.83. The van der Waals surface area contributed by atoms with Gasteiger partial charge in [-0.2, -0.15) is 0 Å². The molecular formula is C20H24FN3O2S. The molecule has 144 valence electrons. The summed E-state index contributed by atoms with van der Waals surface area (Å²) < 4.78 is 13.7. The molecule has 2 heterocycles. The Labute approximate surface area is 162 Å². The van der Waals surface area contributed by atoms with Gasteiger partial charge in [-0.15, -0.1) is 11.3 Å². The van der Waals surface area contributed by atoms with Gasteiger partial charge in [0.25, 0.3) is 5.91 Å². The van der Waals surface area contributed by atoms with Gasteiger partial charge in [-0.1, -0.05) is 6.07 Å². The van der Waals surface area contributed by atoms with E-state index in [2.05, 4.69) is 5.32 Å². The van der Waals surface area contributed by atoms with E-state index in [1.54, 1.807) is 35.3 Å². The van der Waals surface area contributed by atoms with Crippen LogP contribution in [0.25, 0.3) is 0 Å². The van der Waals surface area contributed by atoms with Crippen LogP contribution in [0.15, 0.2) is 23.6 Å². The molecule has 1 aromatic heterocycles. The fraction of sp³-hybridized carbons (Fsp3) is 0.450. The number of aryl methyl sites for hydroxylation is 1. The van der Waals surface area contributed by atoms with Crippen molar-refractivity contribution in [3.63, 3.8) is 0 Å². The monoisotopic (exact) mass is 389 g/mol. The smallest absolute Gasteiger partial charge is 0.253 e. The summed E-state index contributed by atoms with van der Waals surface area (Å²) in [5.74, 6) is -0.132. The Hall–Kier alpha value is -2.28. The molecule has 0 radical (unpaired) electrons. The molecular weight excluding hydrogens is 365 g/mol. The van der Waals surface area contributed by atoms with Gasteiger partial charge < -0.3 is 10.2 Å². The summed E-state index contributed by atoms with van der Waals surface area (Å²) >= 11 is 1.65. The molecule has 1 saturated heterocycles. The van der Waals surface area contributed by atoms with Crippen molar-refractivity contribution in [2.45, 2.75) is 39.0 Å². The second-order valence-electron chi connectivity index (χ2n) is 6.94. The number of carbonyl (C=O) groups is 2. The fourth-order valence-corrected chi connectivity index (χ4v) is 4.26. The molecule has 0 aliphatic carbocycles. The first-order valence-electron chi connectivity index (χ1n) is 9.18. The summed E-state index contributed by atoms with van der Waals surface area (Å²) in [6.07, 6.45) is 2.45. The second kappa shape index (κ2) is 8.61. The van der Waals surface area contributed by atoms with Crippen LogP contribution in [0.5, 0.6) is 0 Å². The number of thiazole rings is 1. The summed E-state index contributed by atoms with van der Waals surface area (Å²) in [5.41, 5.74) is 1.95. The van der Waals surface area contributed by atoms with Gasteiger partial charge in [0.2, 0.25) is 5.91 Å². The van der Waals surface area contributed by atoms with Crippen LogP contribution in [-0.2, 0) is 11.2 Å². The lowest BCUT2D eigenvalue weighted by atomic mass is 9.97. The van der Waals surface area contributed by atoms with Crippen molar-refractivity contribution in [3.05, 3.63) is 51.2 Å². The number of hydrogen-bond donors (Lipinski definition) is 1. The van der Waals surface area contributed by atoms with Crippen molar-refractivity contribution in [1.82, 2.24) is 15.2 Å². The van der Waals surface area contributed by atoms with Gasteiger partial charge in [0.05, 0.1) is 10.7 Å². The van der Waals surface area contributed by atoms with Crippen LogP contribution in [0.3, 0.4) is 0 Å². The van der Waals surface area contributed by atoms with Gasteiger partial charge in [0.1, 0.15) is 5.82 Å². The molecule has 0 spiro atoms. The molecule has 1 aromatic carbocycles. The first-order valence-corrected chi connectivity index (χ1v) is 10.1. The maximum Gasteiger partial charge on any atom is 0.253 e. The van der Waals surface area contributed by atoms with Crippen molar-refractivity contribution >= 4 is 23.2 Å². The number of carbonyl (C=O) groups excluding carboxylic acids is 2. The molecule has 0 unspecified atom stereocenters. The molecule has 0 atom stereocenters. The average molecular weight is 389 g/mol. The molecule has 0 bridgehead atoms. The molecule has 3 rings (SSSR count). The zero-order valence-electron chi connectivity index (χ0n) is 15.6. The predicted molar refractivity (Wildman–Crippen MR) is 104 cm³/mol. The number of benzene rings is 1. The number of halogens is 1. The van der Waals surface area contributed by atoms with E-state index in [1.807, 2.05) is 5.38 Å². The fourth-order valence-electron chi connectivity index (χ4n) is 3.23. The van der Waals surface area contributed by atoms with Crippen molar-refractivity contribution in [1.29, 1.82) is 0 Å². The Bertz CT molecular complexity index is 828. The van der Waals surface area contributed by atoms with Gasteiger partial charge in [-0.3, -0.25) is 9.59 Å². The Kier molecular flexibility index (Phi) is 6.21. The maximum absolute atomic E-state index is 13.7. The average Bonchev–Trinajstić information content (AvgIpc) is 3.12. The minimum Gasteiger partial charge on any atom is -0.356 e. The van der Waals surface area contributed by atoms with Crippen molar-refractivity contribution in [3.8, 4) is 0 Å². The molecule has 2 amide bonds. The van der Waals surface area contributed by atoms with Crippen LogP contribution in [0, 0.1) is 12.7 Å². The lowest BCUT2D eigenvalue weighted by Gasteiger charge is -2.31. The number of nitrogens with one attached hydrogen (secondary N) is 1. The number of amides is 2. The third kappa shape index (κ3) is 4.91. The summed E-state index contributed by atoms with van der Waals surface area (Å²) in [4.78, 5) is 30.0. The van der Waals surface area contributed by atoms with Crippen molar-refractivity contribution in [2.24, 2.45) is 0 Å². The lowest BCUT2D eigenvalue weighted by molar-refractivity contribution is -0.118. The van der Waals surface area contributed by atoms with Crippen LogP contribution < -0.4 is 5.32 Å². The van der Waals surface area contributed by atoms with Crippen LogP contribution in [0.4, 0.5) is 4.39 Å². The summed E-state index contributed by atoms with van der Waals surface area (Å²) in [6.45, 7) is 5.10. The third-order valence-corrected chi connectivity index (χ3v) is 5.93. The summed E-state index contributed by atoms with van der Waals surface area (Å²) in [6, 6.07) is 4.66. The van der Waals surface area contributed by atoms with Crippen LogP contribution in [0.2, 0.25) is 0 Å². The first-order chi connectivity index (χ1) is 12.9.